The van der Waals surface area contributed by atoms with Crippen molar-refractivity contribution in [1.29, 1.82) is 0 Å². The number of aliphatic hydroxyl groups excluding tert-OH is 1. The van der Waals surface area contributed by atoms with Crippen molar-refractivity contribution in [3.8, 4) is 0 Å². The molecule has 0 aliphatic carbocycles. The first-order chi connectivity index (χ1) is 6.81. The molecule has 78 valence electrons. The Labute approximate surface area is 88.2 Å². The van der Waals surface area contributed by atoms with Crippen LogP contribution in [-0.2, 0) is 0 Å². The van der Waals surface area contributed by atoms with Gasteiger partial charge in [-0.2, -0.15) is 0 Å². The molecule has 0 spiro atoms. The van der Waals surface area contributed by atoms with Gasteiger partial charge in [-0.05, 0) is 13.0 Å². The first kappa shape index (κ1) is 10.1. The van der Waals surface area contributed by atoms with Crippen molar-refractivity contribution in [2.75, 3.05) is 19.7 Å². The fraction of sp³-hybridized carbons (Fsp3) is 0.700. The molecule has 0 amide bonds. The molecule has 1 aliphatic heterocycles. The van der Waals surface area contributed by atoms with Crippen LogP contribution in [0.5, 0.6) is 0 Å². The van der Waals surface area contributed by atoms with Crippen molar-refractivity contribution in [3.63, 3.8) is 0 Å². The fourth-order valence-electron chi connectivity index (χ4n) is 1.67. The van der Waals surface area contributed by atoms with Crippen molar-refractivity contribution < 1.29 is 5.11 Å². The van der Waals surface area contributed by atoms with Gasteiger partial charge in [0.2, 0.25) is 0 Å². The van der Waals surface area contributed by atoms with Gasteiger partial charge in [0.05, 0.1) is 17.3 Å². The lowest BCUT2D eigenvalue weighted by Gasteiger charge is -2.04. The van der Waals surface area contributed by atoms with Gasteiger partial charge >= 0.3 is 0 Å². The molecule has 0 saturated carbocycles. The van der Waals surface area contributed by atoms with Crippen molar-refractivity contribution in [2.45, 2.75) is 25.2 Å². The Morgan fingerprint density at radius 3 is 3.29 bits per heavy atom. The maximum Gasteiger partial charge on any atom is 0.0972 e. The van der Waals surface area contributed by atoms with Gasteiger partial charge in [-0.1, -0.05) is 6.92 Å². The van der Waals surface area contributed by atoms with Crippen LogP contribution in [0.4, 0.5) is 0 Å². The van der Waals surface area contributed by atoms with E-state index in [0.717, 1.165) is 18.8 Å². The van der Waals surface area contributed by atoms with E-state index in [-0.39, 0.29) is 12.5 Å². The molecule has 2 unspecified atom stereocenters. The fourth-order valence-corrected chi connectivity index (χ4v) is 2.75. The highest BCUT2D eigenvalue weighted by Crippen LogP contribution is 2.27. The summed E-state index contributed by atoms with van der Waals surface area (Å²) in [5.41, 5.74) is 1.04. The Bertz CT molecular complexity index is 294. The summed E-state index contributed by atoms with van der Waals surface area (Å²) in [5, 5.41) is 15.7. The number of aliphatic hydroxyl groups is 1. The van der Waals surface area contributed by atoms with Crippen LogP contribution in [0, 0.1) is 0 Å². The number of hydrogen-bond acceptors (Lipinski definition) is 4. The van der Waals surface area contributed by atoms with Crippen molar-refractivity contribution in [1.82, 2.24) is 10.3 Å². The minimum atomic E-state index is 0.175. The maximum atomic E-state index is 9.02. The molecule has 3 nitrogen and oxygen atoms in total. The van der Waals surface area contributed by atoms with Crippen LogP contribution in [-0.4, -0.2) is 29.8 Å². The van der Waals surface area contributed by atoms with Crippen LogP contribution in [0.1, 0.15) is 35.9 Å². The molecule has 0 bridgehead atoms. The molecule has 0 radical (unpaired) electrons. The minimum absolute atomic E-state index is 0.175. The molecule has 2 atom stereocenters. The topological polar surface area (TPSA) is 45.1 Å². The average molecular weight is 212 g/mol. The summed E-state index contributed by atoms with van der Waals surface area (Å²) in [6.45, 7) is 4.35. The second-order valence-corrected chi connectivity index (χ2v) is 4.77. The highest BCUT2D eigenvalue weighted by atomic mass is 32.1. The van der Waals surface area contributed by atoms with Gasteiger partial charge in [-0.25, -0.2) is 4.98 Å². The third-order valence-electron chi connectivity index (χ3n) is 2.73. The van der Waals surface area contributed by atoms with Gasteiger partial charge in [-0.15, -0.1) is 11.3 Å². The third-order valence-corrected chi connectivity index (χ3v) is 3.75. The molecule has 14 heavy (non-hydrogen) atoms. The van der Waals surface area contributed by atoms with Gasteiger partial charge in [0.1, 0.15) is 0 Å². The maximum absolute atomic E-state index is 9.02. The zero-order chi connectivity index (χ0) is 9.97. The number of thiazole rings is 1. The third kappa shape index (κ3) is 1.97. The average Bonchev–Trinajstić information content (AvgIpc) is 2.86. The second-order valence-electron chi connectivity index (χ2n) is 3.88. The predicted molar refractivity (Wildman–Crippen MR) is 57.8 cm³/mol. The summed E-state index contributed by atoms with van der Waals surface area (Å²) in [6.07, 6.45) is 1.19. The molecule has 2 rings (SSSR count). The second kappa shape index (κ2) is 4.38. The van der Waals surface area contributed by atoms with E-state index in [4.69, 9.17) is 5.11 Å². The van der Waals surface area contributed by atoms with Crippen molar-refractivity contribution in [2.24, 2.45) is 0 Å². The van der Waals surface area contributed by atoms with Gasteiger partial charge in [0.25, 0.3) is 0 Å². The van der Waals surface area contributed by atoms with Crippen molar-refractivity contribution in [3.05, 3.63) is 16.1 Å². The molecule has 1 aromatic heterocycles. The van der Waals surface area contributed by atoms with Crippen molar-refractivity contribution >= 4 is 11.3 Å². The van der Waals surface area contributed by atoms with Crippen LogP contribution in [0.3, 0.4) is 0 Å². The van der Waals surface area contributed by atoms with E-state index in [1.54, 1.807) is 11.3 Å². The van der Waals surface area contributed by atoms with Gasteiger partial charge in [0.15, 0.2) is 0 Å². The Kier molecular flexibility index (Phi) is 3.15. The van der Waals surface area contributed by atoms with E-state index in [1.165, 1.54) is 11.4 Å². The quantitative estimate of drug-likeness (QED) is 0.794. The number of hydrogen-bond donors (Lipinski definition) is 2. The zero-order valence-corrected chi connectivity index (χ0v) is 9.18. The van der Waals surface area contributed by atoms with Gasteiger partial charge in [-0.3, -0.25) is 0 Å². The summed E-state index contributed by atoms with van der Waals surface area (Å²) in [5.74, 6) is 0.772. The van der Waals surface area contributed by atoms with Crippen LogP contribution >= 0.6 is 11.3 Å². The Morgan fingerprint density at radius 2 is 2.64 bits per heavy atom. The zero-order valence-electron chi connectivity index (χ0n) is 8.36. The predicted octanol–water partition coefficient (Wildman–Crippen LogP) is 1.32. The summed E-state index contributed by atoms with van der Waals surface area (Å²) < 4.78 is 0. The van der Waals surface area contributed by atoms with Crippen LogP contribution < -0.4 is 5.32 Å². The molecule has 1 saturated heterocycles. The summed E-state index contributed by atoms with van der Waals surface area (Å²) >= 11 is 1.73. The standard InChI is InChI=1S/C10H16N2OS/c1-7(5-13)9-6-14-10(12-9)8-2-3-11-4-8/h6-8,11,13H,2-5H2,1H3. The number of rotatable bonds is 3. The first-order valence-electron chi connectivity index (χ1n) is 5.08. The molecule has 0 aromatic carbocycles. The monoisotopic (exact) mass is 212 g/mol. The summed E-state index contributed by atoms with van der Waals surface area (Å²) in [6, 6.07) is 0. The minimum Gasteiger partial charge on any atom is -0.396 e. The lowest BCUT2D eigenvalue weighted by molar-refractivity contribution is 0.271. The lowest BCUT2D eigenvalue weighted by atomic mass is 10.1. The highest BCUT2D eigenvalue weighted by molar-refractivity contribution is 7.09. The van der Waals surface area contributed by atoms with E-state index in [9.17, 15) is 0 Å². The largest absolute Gasteiger partial charge is 0.396 e. The Balaban J connectivity index is 2.08. The summed E-state index contributed by atoms with van der Waals surface area (Å²) in [4.78, 5) is 4.58. The molecule has 2 heterocycles. The number of aromatic nitrogens is 1. The smallest absolute Gasteiger partial charge is 0.0972 e. The number of nitrogens with one attached hydrogen (secondary N) is 1. The van der Waals surface area contributed by atoms with E-state index >= 15 is 0 Å². The van der Waals surface area contributed by atoms with Crippen LogP contribution in [0.2, 0.25) is 0 Å². The highest BCUT2D eigenvalue weighted by Gasteiger charge is 2.20. The molecule has 4 heteroatoms. The molecular weight excluding hydrogens is 196 g/mol. The number of nitrogens with zero attached hydrogens (tertiary/aromatic N) is 1. The van der Waals surface area contributed by atoms with Gasteiger partial charge < -0.3 is 10.4 Å². The Hall–Kier alpha value is -0.450. The van der Waals surface area contributed by atoms with E-state index in [0.29, 0.717) is 5.92 Å². The van der Waals surface area contributed by atoms with Crippen LogP contribution in [0.25, 0.3) is 0 Å². The molecule has 1 aliphatic rings. The lowest BCUT2D eigenvalue weighted by Crippen LogP contribution is -2.08. The molecule has 1 aromatic rings. The van der Waals surface area contributed by atoms with E-state index in [1.807, 2.05) is 6.92 Å². The van der Waals surface area contributed by atoms with E-state index < -0.39 is 0 Å². The molecular formula is C10H16N2OS. The van der Waals surface area contributed by atoms with Crippen LogP contribution in [0.15, 0.2) is 5.38 Å². The summed E-state index contributed by atoms with van der Waals surface area (Å²) in [7, 11) is 0. The van der Waals surface area contributed by atoms with E-state index in [2.05, 4.69) is 15.7 Å². The van der Waals surface area contributed by atoms with Gasteiger partial charge in [0, 0.05) is 23.8 Å². The first-order valence-corrected chi connectivity index (χ1v) is 5.96. The molecule has 2 N–H and O–H groups in total. The SMILES string of the molecule is CC(CO)c1csc(C2CCNC2)n1. The normalized spacial score (nSPS) is 24.0. The molecule has 1 fully saturated rings. The Morgan fingerprint density at radius 1 is 1.79 bits per heavy atom.